The van der Waals surface area contributed by atoms with Crippen molar-refractivity contribution < 1.29 is 14.7 Å². The van der Waals surface area contributed by atoms with Gasteiger partial charge in [0.25, 0.3) is 5.91 Å². The molecule has 16 heavy (non-hydrogen) atoms. The van der Waals surface area contributed by atoms with Crippen LogP contribution in [0.3, 0.4) is 0 Å². The number of carboxylic acid groups (broad SMARTS) is 1. The summed E-state index contributed by atoms with van der Waals surface area (Å²) >= 11 is 1.40. The lowest BCUT2D eigenvalue weighted by Crippen LogP contribution is -2.38. The summed E-state index contributed by atoms with van der Waals surface area (Å²) in [4.78, 5) is 26.2. The molecule has 0 radical (unpaired) electrons. The van der Waals surface area contributed by atoms with Gasteiger partial charge in [-0.15, -0.1) is 11.3 Å². The highest BCUT2D eigenvalue weighted by Gasteiger charge is 2.17. The molecule has 0 fully saturated rings. The van der Waals surface area contributed by atoms with Gasteiger partial charge in [0.15, 0.2) is 0 Å². The highest BCUT2D eigenvalue weighted by molar-refractivity contribution is 7.09. The maximum Gasteiger partial charge on any atom is 0.325 e. The molecule has 0 aliphatic rings. The van der Waals surface area contributed by atoms with Crippen LogP contribution in [-0.2, 0) is 4.79 Å². The van der Waals surface area contributed by atoms with E-state index in [-0.39, 0.29) is 11.6 Å². The van der Waals surface area contributed by atoms with Gasteiger partial charge in [0.05, 0.1) is 5.01 Å². The highest BCUT2D eigenvalue weighted by Crippen LogP contribution is 2.18. The first-order valence-corrected chi connectivity index (χ1v) is 5.79. The van der Waals surface area contributed by atoms with Crippen LogP contribution in [0.5, 0.6) is 0 Å². The Kier molecular flexibility index (Phi) is 4.00. The lowest BCUT2D eigenvalue weighted by atomic mass is 10.2. The number of nitrogens with one attached hydrogen (secondary N) is 1. The fraction of sp³-hybridized carbons (Fsp3) is 0.500. The maximum atomic E-state index is 11.6. The van der Waals surface area contributed by atoms with E-state index in [1.807, 2.05) is 13.8 Å². The standard InChI is InChI=1S/C10H14N2O3S/c1-5(2)9-12-7(4-16-9)8(13)11-6(3)10(14)15/h4-6H,1-3H3,(H,11,13)(H,14,15)/t6-/m1/s1. The zero-order valence-corrected chi connectivity index (χ0v) is 10.2. The molecule has 1 amide bonds. The number of thiazole rings is 1. The Labute approximate surface area is 97.5 Å². The molecule has 0 aromatic carbocycles. The predicted octanol–water partition coefficient (Wildman–Crippen LogP) is 1.47. The smallest absolute Gasteiger partial charge is 0.325 e. The topological polar surface area (TPSA) is 79.3 Å². The largest absolute Gasteiger partial charge is 0.480 e. The first-order chi connectivity index (χ1) is 7.41. The van der Waals surface area contributed by atoms with E-state index in [4.69, 9.17) is 5.11 Å². The predicted molar refractivity (Wildman–Crippen MR) is 60.8 cm³/mol. The van der Waals surface area contributed by atoms with E-state index in [1.165, 1.54) is 18.3 Å². The van der Waals surface area contributed by atoms with Crippen LogP contribution in [0.25, 0.3) is 0 Å². The minimum absolute atomic E-state index is 0.267. The highest BCUT2D eigenvalue weighted by atomic mass is 32.1. The monoisotopic (exact) mass is 242 g/mol. The van der Waals surface area contributed by atoms with E-state index < -0.39 is 17.9 Å². The third-order valence-corrected chi connectivity index (χ3v) is 3.11. The second-order valence-electron chi connectivity index (χ2n) is 3.76. The van der Waals surface area contributed by atoms with Crippen molar-refractivity contribution in [2.24, 2.45) is 0 Å². The number of hydrogen-bond donors (Lipinski definition) is 2. The number of carbonyl (C=O) groups is 2. The number of aromatic nitrogens is 1. The number of carbonyl (C=O) groups excluding carboxylic acids is 1. The number of hydrogen-bond acceptors (Lipinski definition) is 4. The van der Waals surface area contributed by atoms with Gasteiger partial charge in [0.1, 0.15) is 11.7 Å². The van der Waals surface area contributed by atoms with Crippen molar-refractivity contribution >= 4 is 23.2 Å². The molecule has 88 valence electrons. The van der Waals surface area contributed by atoms with Crippen LogP contribution >= 0.6 is 11.3 Å². The summed E-state index contributed by atoms with van der Waals surface area (Å²) in [5, 5.41) is 13.5. The Morgan fingerprint density at radius 3 is 2.50 bits per heavy atom. The molecule has 0 aliphatic heterocycles. The number of nitrogens with zero attached hydrogens (tertiary/aromatic N) is 1. The Bertz CT molecular complexity index is 401. The summed E-state index contributed by atoms with van der Waals surface area (Å²) in [7, 11) is 0. The third kappa shape index (κ3) is 3.03. The van der Waals surface area contributed by atoms with Gasteiger partial charge >= 0.3 is 5.97 Å². The minimum atomic E-state index is -1.06. The molecule has 0 saturated carbocycles. The molecule has 1 heterocycles. The maximum absolute atomic E-state index is 11.6. The molecule has 0 bridgehead atoms. The molecule has 1 rings (SSSR count). The van der Waals surface area contributed by atoms with Crippen LogP contribution in [0, 0.1) is 0 Å². The third-order valence-electron chi connectivity index (χ3n) is 1.97. The fourth-order valence-corrected chi connectivity index (χ4v) is 1.80. The van der Waals surface area contributed by atoms with Crippen LogP contribution in [0.4, 0.5) is 0 Å². The summed E-state index contributed by atoms with van der Waals surface area (Å²) in [5.41, 5.74) is 0.279. The van der Waals surface area contributed by atoms with Gasteiger partial charge in [-0.05, 0) is 6.92 Å². The minimum Gasteiger partial charge on any atom is -0.480 e. The summed E-state index contributed by atoms with van der Waals surface area (Å²) in [5.74, 6) is -1.24. The number of amides is 1. The second-order valence-corrected chi connectivity index (χ2v) is 4.65. The number of aliphatic carboxylic acids is 1. The van der Waals surface area contributed by atoms with Crippen LogP contribution in [0.2, 0.25) is 0 Å². The summed E-state index contributed by atoms with van der Waals surface area (Å²) in [6, 6.07) is -0.906. The van der Waals surface area contributed by atoms with Crippen LogP contribution in [0.1, 0.15) is 42.2 Å². The van der Waals surface area contributed by atoms with E-state index in [1.54, 1.807) is 5.38 Å². The van der Waals surface area contributed by atoms with Crippen molar-refractivity contribution in [3.8, 4) is 0 Å². The molecule has 0 saturated heterocycles. The Hall–Kier alpha value is -1.43. The lowest BCUT2D eigenvalue weighted by molar-refractivity contribution is -0.138. The van der Waals surface area contributed by atoms with Gasteiger partial charge in [-0.2, -0.15) is 0 Å². The molecular formula is C10H14N2O3S. The zero-order chi connectivity index (χ0) is 12.3. The molecule has 5 nitrogen and oxygen atoms in total. The summed E-state index contributed by atoms with van der Waals surface area (Å²) in [6.45, 7) is 5.39. The SMILES string of the molecule is CC(C)c1nc(C(=O)N[C@H](C)C(=O)O)cs1. The van der Waals surface area contributed by atoms with Crippen molar-refractivity contribution in [2.45, 2.75) is 32.7 Å². The Morgan fingerprint density at radius 1 is 1.44 bits per heavy atom. The summed E-state index contributed by atoms with van der Waals surface area (Å²) in [6.07, 6.45) is 0. The molecule has 2 N–H and O–H groups in total. The van der Waals surface area contributed by atoms with Crippen molar-refractivity contribution in [3.05, 3.63) is 16.1 Å². The molecule has 1 aromatic heterocycles. The van der Waals surface area contributed by atoms with Gasteiger partial charge in [0, 0.05) is 11.3 Å². The van der Waals surface area contributed by atoms with Crippen molar-refractivity contribution in [1.82, 2.24) is 10.3 Å². The van der Waals surface area contributed by atoms with Gasteiger partial charge in [-0.3, -0.25) is 9.59 Å². The molecule has 0 spiro atoms. The van der Waals surface area contributed by atoms with Crippen molar-refractivity contribution in [3.63, 3.8) is 0 Å². The van der Waals surface area contributed by atoms with Gasteiger partial charge in [0.2, 0.25) is 0 Å². The number of rotatable bonds is 4. The molecule has 1 atom stereocenters. The van der Waals surface area contributed by atoms with Crippen LogP contribution < -0.4 is 5.32 Å². The summed E-state index contributed by atoms with van der Waals surface area (Å²) < 4.78 is 0. The van der Waals surface area contributed by atoms with E-state index in [9.17, 15) is 9.59 Å². The van der Waals surface area contributed by atoms with Crippen LogP contribution in [0.15, 0.2) is 5.38 Å². The van der Waals surface area contributed by atoms with Gasteiger partial charge in [-0.25, -0.2) is 4.98 Å². The first-order valence-electron chi connectivity index (χ1n) is 4.91. The normalized spacial score (nSPS) is 12.5. The van der Waals surface area contributed by atoms with E-state index in [0.717, 1.165) is 5.01 Å². The van der Waals surface area contributed by atoms with Gasteiger partial charge in [-0.1, -0.05) is 13.8 Å². The zero-order valence-electron chi connectivity index (χ0n) is 9.35. The molecule has 0 aliphatic carbocycles. The Morgan fingerprint density at radius 2 is 2.06 bits per heavy atom. The molecular weight excluding hydrogens is 228 g/mol. The molecule has 1 aromatic rings. The van der Waals surface area contributed by atoms with E-state index in [2.05, 4.69) is 10.3 Å². The van der Waals surface area contributed by atoms with Gasteiger partial charge < -0.3 is 10.4 Å². The Balaban J connectivity index is 2.70. The molecule has 0 unspecified atom stereocenters. The van der Waals surface area contributed by atoms with E-state index >= 15 is 0 Å². The lowest BCUT2D eigenvalue weighted by Gasteiger charge is -2.06. The average Bonchev–Trinajstić information content (AvgIpc) is 2.65. The number of carboxylic acids is 1. The van der Waals surface area contributed by atoms with Crippen molar-refractivity contribution in [1.29, 1.82) is 0 Å². The first kappa shape index (κ1) is 12.6. The van der Waals surface area contributed by atoms with E-state index in [0.29, 0.717) is 0 Å². The van der Waals surface area contributed by atoms with Crippen molar-refractivity contribution in [2.75, 3.05) is 0 Å². The average molecular weight is 242 g/mol. The quantitative estimate of drug-likeness (QED) is 0.838. The second kappa shape index (κ2) is 5.07. The molecule has 6 heteroatoms. The van der Waals surface area contributed by atoms with Crippen LogP contribution in [-0.4, -0.2) is 28.0 Å². The fourth-order valence-electron chi connectivity index (χ4n) is 0.989.